The topological polar surface area (TPSA) is 59.0 Å². The lowest BCUT2D eigenvalue weighted by Crippen LogP contribution is -2.47. The molecule has 2 aliphatic heterocycles. The molecule has 1 unspecified atom stereocenters. The molecule has 0 aromatic heterocycles. The summed E-state index contributed by atoms with van der Waals surface area (Å²) in [7, 11) is 0. The number of aliphatic hydroxyl groups is 1. The van der Waals surface area contributed by atoms with Crippen molar-refractivity contribution in [1.29, 1.82) is 0 Å². The van der Waals surface area contributed by atoms with Crippen LogP contribution in [0.1, 0.15) is 47.6 Å². The van der Waals surface area contributed by atoms with E-state index in [0.717, 1.165) is 25.0 Å². The predicted octanol–water partition coefficient (Wildman–Crippen LogP) is 4.27. The van der Waals surface area contributed by atoms with Gasteiger partial charge in [-0.25, -0.2) is 4.39 Å². The van der Waals surface area contributed by atoms with Gasteiger partial charge in [0.1, 0.15) is 11.9 Å². The first kappa shape index (κ1) is 21.4. The molecule has 1 aliphatic carbocycles. The summed E-state index contributed by atoms with van der Waals surface area (Å²) in [4.78, 5) is 14.9. The van der Waals surface area contributed by atoms with Crippen molar-refractivity contribution in [2.24, 2.45) is 5.92 Å². The Bertz CT molecular complexity index is 1060. The number of nitrogens with zero attached hydrogens (tertiary/aromatic N) is 1. The van der Waals surface area contributed by atoms with Crippen molar-refractivity contribution >= 4 is 11.6 Å². The maximum atomic E-state index is 13.5. The van der Waals surface area contributed by atoms with Gasteiger partial charge in [-0.3, -0.25) is 4.79 Å². The third-order valence-electron chi connectivity index (χ3n) is 6.16. The van der Waals surface area contributed by atoms with E-state index in [0.29, 0.717) is 49.4 Å². The van der Waals surface area contributed by atoms with Crippen LogP contribution < -0.4 is 4.90 Å². The molecule has 1 saturated heterocycles. The predicted molar refractivity (Wildman–Crippen MR) is 105 cm³/mol. The van der Waals surface area contributed by atoms with Crippen LogP contribution in [0.15, 0.2) is 36.4 Å². The van der Waals surface area contributed by atoms with Crippen LogP contribution in [-0.2, 0) is 26.2 Å². The molecule has 0 radical (unpaired) electrons. The van der Waals surface area contributed by atoms with Gasteiger partial charge in [0, 0.05) is 12.1 Å². The van der Waals surface area contributed by atoms with Crippen molar-refractivity contribution in [3.63, 3.8) is 0 Å². The van der Waals surface area contributed by atoms with Crippen molar-refractivity contribution < 1.29 is 36.9 Å². The summed E-state index contributed by atoms with van der Waals surface area (Å²) in [5.74, 6) is -2.67. The van der Waals surface area contributed by atoms with E-state index in [2.05, 4.69) is 0 Å². The minimum absolute atomic E-state index is 0.124. The van der Waals surface area contributed by atoms with Gasteiger partial charge in [0.05, 0.1) is 24.5 Å². The van der Waals surface area contributed by atoms with Crippen molar-refractivity contribution in [2.45, 2.75) is 37.3 Å². The minimum Gasteiger partial charge on any atom is -0.384 e. The minimum atomic E-state index is -4.84. The van der Waals surface area contributed by atoms with Crippen molar-refractivity contribution in [3.05, 3.63) is 64.5 Å². The van der Waals surface area contributed by atoms with Crippen LogP contribution in [0, 0.1) is 11.7 Å². The molecule has 5 rings (SSSR count). The molecule has 9 heteroatoms. The number of anilines is 1. The average molecular weight is 451 g/mol. The van der Waals surface area contributed by atoms with Crippen LogP contribution in [0.4, 0.5) is 23.2 Å². The lowest BCUT2D eigenvalue weighted by Gasteiger charge is -2.32. The normalized spacial score (nSPS) is 21.2. The van der Waals surface area contributed by atoms with Gasteiger partial charge in [-0.1, -0.05) is 12.1 Å². The first-order valence-corrected chi connectivity index (χ1v) is 10.5. The molecule has 5 nitrogen and oxygen atoms in total. The van der Waals surface area contributed by atoms with Gasteiger partial charge in [0.25, 0.3) is 11.7 Å². The van der Waals surface area contributed by atoms with Crippen LogP contribution in [-0.4, -0.2) is 30.8 Å². The molecule has 2 heterocycles. The van der Waals surface area contributed by atoms with E-state index in [4.69, 9.17) is 9.47 Å². The number of halogens is 4. The zero-order valence-corrected chi connectivity index (χ0v) is 17.0. The number of rotatable bonds is 4. The largest absolute Gasteiger partial charge is 0.416 e. The summed E-state index contributed by atoms with van der Waals surface area (Å²) in [6.07, 6.45) is -3.88. The monoisotopic (exact) mass is 451 g/mol. The summed E-state index contributed by atoms with van der Waals surface area (Å²) in [5, 5.41) is 10.8. The van der Waals surface area contributed by atoms with Crippen LogP contribution in [0.3, 0.4) is 0 Å². The summed E-state index contributed by atoms with van der Waals surface area (Å²) >= 11 is 0. The lowest BCUT2D eigenvalue weighted by atomic mass is 9.93. The zero-order chi connectivity index (χ0) is 22.7. The van der Waals surface area contributed by atoms with E-state index >= 15 is 0 Å². The molecule has 2 aromatic carbocycles. The summed E-state index contributed by atoms with van der Waals surface area (Å²) in [5.41, 5.74) is -0.668. The number of benzene rings is 2. The van der Waals surface area contributed by atoms with Gasteiger partial charge in [0.2, 0.25) is 0 Å². The van der Waals surface area contributed by atoms with Crippen molar-refractivity contribution in [3.8, 4) is 0 Å². The Morgan fingerprint density at radius 2 is 1.84 bits per heavy atom. The van der Waals surface area contributed by atoms with E-state index in [1.54, 1.807) is 11.0 Å². The van der Waals surface area contributed by atoms with E-state index in [1.807, 2.05) is 0 Å². The molecule has 1 saturated carbocycles. The van der Waals surface area contributed by atoms with E-state index in [-0.39, 0.29) is 11.5 Å². The number of hydrogen-bond acceptors (Lipinski definition) is 4. The highest BCUT2D eigenvalue weighted by molar-refractivity contribution is 6.06. The van der Waals surface area contributed by atoms with Crippen LogP contribution in [0.25, 0.3) is 0 Å². The highest BCUT2D eigenvalue weighted by atomic mass is 19.4. The third-order valence-corrected chi connectivity index (χ3v) is 6.16. The molecule has 1 atom stereocenters. The number of carbonyl (C=O) groups excluding carboxylic acids is 1. The molecule has 0 bridgehead atoms. The summed E-state index contributed by atoms with van der Waals surface area (Å²) < 4.78 is 65.5. The smallest absolute Gasteiger partial charge is 0.384 e. The second kappa shape index (κ2) is 7.54. The van der Waals surface area contributed by atoms with Crippen LogP contribution in [0.5, 0.6) is 0 Å². The highest BCUT2D eigenvalue weighted by Gasteiger charge is 2.55. The van der Waals surface area contributed by atoms with Crippen LogP contribution in [0.2, 0.25) is 0 Å². The molecule has 1 spiro atoms. The Labute approximate surface area is 181 Å². The van der Waals surface area contributed by atoms with E-state index in [9.17, 15) is 27.5 Å². The zero-order valence-electron chi connectivity index (χ0n) is 17.0. The maximum Gasteiger partial charge on any atom is 0.416 e. The standard InChI is InChI=1S/C23H21F4NO4/c24-15-5-6-16(17(11-15)23(25,26)27)20(29)14-4-7-19-18(10-14)22(31-8-1-9-32-22)21(30)28(19)12-13-2-3-13/h4-7,10-11,13,20,29H,1-3,8-9,12H2. The molecule has 32 heavy (non-hydrogen) atoms. The third kappa shape index (κ3) is 3.48. The van der Waals surface area contributed by atoms with E-state index in [1.165, 1.54) is 12.1 Å². The Morgan fingerprint density at radius 3 is 2.50 bits per heavy atom. The number of alkyl halides is 3. The van der Waals surface area contributed by atoms with Gasteiger partial charge in [-0.2, -0.15) is 13.2 Å². The molecule has 2 fully saturated rings. The molecule has 1 N–H and O–H groups in total. The summed E-state index contributed by atoms with van der Waals surface area (Å²) in [6.45, 7) is 1.11. The average Bonchev–Trinajstić information content (AvgIpc) is 3.57. The fraction of sp³-hybridized carbons (Fsp3) is 0.435. The molecule has 3 aliphatic rings. The quantitative estimate of drug-likeness (QED) is 0.706. The van der Waals surface area contributed by atoms with Gasteiger partial charge in [-0.15, -0.1) is 0 Å². The molecular weight excluding hydrogens is 430 g/mol. The molecule has 2 aromatic rings. The fourth-order valence-corrected chi connectivity index (χ4v) is 4.37. The fourth-order valence-electron chi connectivity index (χ4n) is 4.37. The van der Waals surface area contributed by atoms with Gasteiger partial charge in [0.15, 0.2) is 0 Å². The highest BCUT2D eigenvalue weighted by Crippen LogP contribution is 2.48. The second-order valence-electron chi connectivity index (χ2n) is 8.43. The summed E-state index contributed by atoms with van der Waals surface area (Å²) in [6, 6.07) is 6.69. The Balaban J connectivity index is 1.58. The van der Waals surface area contributed by atoms with Crippen molar-refractivity contribution in [2.75, 3.05) is 24.7 Å². The first-order chi connectivity index (χ1) is 15.2. The number of fused-ring (bicyclic) bond motifs is 2. The number of amides is 1. The first-order valence-electron chi connectivity index (χ1n) is 10.5. The number of carbonyl (C=O) groups is 1. The van der Waals surface area contributed by atoms with Gasteiger partial charge >= 0.3 is 6.18 Å². The maximum absolute atomic E-state index is 13.5. The Hall–Kier alpha value is -2.49. The molecule has 1 amide bonds. The van der Waals surface area contributed by atoms with Gasteiger partial charge < -0.3 is 19.5 Å². The van der Waals surface area contributed by atoms with Gasteiger partial charge in [-0.05, 0) is 60.6 Å². The number of ether oxygens (including phenoxy) is 2. The SMILES string of the molecule is O=C1N(CC2CC2)c2ccc(C(O)c3ccc(F)cc3C(F)(F)F)cc2C12OCCCO2. The lowest BCUT2D eigenvalue weighted by molar-refractivity contribution is -0.256. The second-order valence-corrected chi connectivity index (χ2v) is 8.43. The Morgan fingerprint density at radius 1 is 1.12 bits per heavy atom. The number of hydrogen-bond donors (Lipinski definition) is 1. The number of aliphatic hydroxyl groups excluding tert-OH is 1. The van der Waals surface area contributed by atoms with E-state index < -0.39 is 35.0 Å². The van der Waals surface area contributed by atoms with Crippen molar-refractivity contribution in [1.82, 2.24) is 0 Å². The molecule has 170 valence electrons. The molecular formula is C23H21F4NO4. The van der Waals surface area contributed by atoms with Crippen LogP contribution >= 0.6 is 0 Å². The Kier molecular flexibility index (Phi) is 5.03.